The summed E-state index contributed by atoms with van der Waals surface area (Å²) in [6, 6.07) is 0. The molecule has 0 saturated heterocycles. The van der Waals surface area contributed by atoms with E-state index in [-0.39, 0.29) is 42.6 Å². The minimum absolute atomic E-state index is 0. The van der Waals surface area contributed by atoms with Crippen molar-refractivity contribution in [3.8, 4) is 0 Å². The third-order valence-corrected chi connectivity index (χ3v) is 4.91. The topological polar surface area (TPSA) is 83.8 Å². The first-order chi connectivity index (χ1) is 12.6. The van der Waals surface area contributed by atoms with Crippen LogP contribution in [0.5, 0.6) is 0 Å². The van der Waals surface area contributed by atoms with Crippen LogP contribution in [0.1, 0.15) is 96.8 Å². The second kappa shape index (κ2) is 22.6. The Bertz CT molecular complexity index is 319. The Hall–Kier alpha value is 0.350. The number of aliphatic hydroxyl groups is 2. The first kappa shape index (κ1) is 29.6. The van der Waals surface area contributed by atoms with Crippen molar-refractivity contribution in [3.63, 3.8) is 0 Å². The number of carbonyl (C=O) groups is 1. The third-order valence-electron chi connectivity index (χ3n) is 4.91. The Morgan fingerprint density at radius 2 is 1.37 bits per heavy atom. The molecule has 0 radical (unpaired) electrons. The fourth-order valence-electron chi connectivity index (χ4n) is 3.30. The number of aliphatic hydroxyl groups excluding tert-OH is 2. The molecule has 156 valence electrons. The summed E-state index contributed by atoms with van der Waals surface area (Å²) in [5.74, 6) is -1.09. The van der Waals surface area contributed by atoms with Crippen LogP contribution in [0.3, 0.4) is 0 Å². The van der Waals surface area contributed by atoms with E-state index in [1.165, 1.54) is 64.2 Å². The van der Waals surface area contributed by atoms with Crippen LogP contribution in [0.15, 0.2) is 0 Å². The van der Waals surface area contributed by atoms with E-state index in [1.54, 1.807) is 4.90 Å². The molecule has 0 aromatic carbocycles. The van der Waals surface area contributed by atoms with Gasteiger partial charge in [0.05, 0.1) is 12.7 Å². The van der Waals surface area contributed by atoms with Crippen molar-refractivity contribution in [3.05, 3.63) is 0 Å². The van der Waals surface area contributed by atoms with Gasteiger partial charge in [0.15, 0.2) is 0 Å². The van der Waals surface area contributed by atoms with E-state index < -0.39 is 12.1 Å². The standard InChI is InChI=1S/C21H43NO4.Na/c1-2-3-4-5-6-7-8-9-10-11-12-13-14-20(24)19-22(17-18-23)16-15-21(25)26;/h20,23-24H,2-19H2,1H3,(H,25,26);/q;+1/p-1. The van der Waals surface area contributed by atoms with Crippen molar-refractivity contribution in [1.82, 2.24) is 4.90 Å². The van der Waals surface area contributed by atoms with Gasteiger partial charge >= 0.3 is 29.6 Å². The number of nitrogens with zero attached hydrogens (tertiary/aromatic N) is 1. The van der Waals surface area contributed by atoms with Gasteiger partial charge in [0.25, 0.3) is 0 Å². The van der Waals surface area contributed by atoms with Crippen molar-refractivity contribution in [2.75, 3.05) is 26.2 Å². The average molecular weight is 396 g/mol. The molecule has 6 heteroatoms. The fourth-order valence-corrected chi connectivity index (χ4v) is 3.30. The van der Waals surface area contributed by atoms with E-state index in [9.17, 15) is 15.0 Å². The van der Waals surface area contributed by atoms with Crippen LogP contribution < -0.4 is 34.7 Å². The van der Waals surface area contributed by atoms with Gasteiger partial charge in [-0.15, -0.1) is 0 Å². The fraction of sp³-hybridized carbons (Fsp3) is 0.952. The maximum absolute atomic E-state index is 10.5. The van der Waals surface area contributed by atoms with Gasteiger partial charge in [-0.25, -0.2) is 0 Å². The quantitative estimate of drug-likeness (QED) is 0.222. The van der Waals surface area contributed by atoms with Crippen molar-refractivity contribution in [2.45, 2.75) is 103 Å². The van der Waals surface area contributed by atoms with Crippen LogP contribution in [0, 0.1) is 0 Å². The number of hydrogen-bond acceptors (Lipinski definition) is 5. The molecular weight excluding hydrogens is 353 g/mol. The largest absolute Gasteiger partial charge is 1.00 e. The van der Waals surface area contributed by atoms with Crippen molar-refractivity contribution in [2.24, 2.45) is 0 Å². The van der Waals surface area contributed by atoms with E-state index in [0.717, 1.165) is 19.3 Å². The molecule has 0 amide bonds. The third kappa shape index (κ3) is 22.5. The molecule has 2 N–H and O–H groups in total. The van der Waals surface area contributed by atoms with E-state index in [1.807, 2.05) is 0 Å². The van der Waals surface area contributed by atoms with E-state index in [0.29, 0.717) is 19.6 Å². The van der Waals surface area contributed by atoms with E-state index in [4.69, 9.17) is 5.11 Å². The van der Waals surface area contributed by atoms with Crippen LogP contribution in [-0.2, 0) is 4.79 Å². The monoisotopic (exact) mass is 395 g/mol. The molecule has 1 unspecified atom stereocenters. The Morgan fingerprint density at radius 3 is 1.81 bits per heavy atom. The number of aliphatic carboxylic acids is 1. The molecule has 0 rings (SSSR count). The second-order valence-electron chi connectivity index (χ2n) is 7.48. The number of rotatable bonds is 20. The summed E-state index contributed by atoms with van der Waals surface area (Å²) in [5, 5.41) is 29.6. The molecule has 5 nitrogen and oxygen atoms in total. The molecule has 0 aliphatic carbocycles. The molecule has 0 aromatic heterocycles. The molecule has 0 aliphatic rings. The van der Waals surface area contributed by atoms with Crippen LogP contribution >= 0.6 is 0 Å². The van der Waals surface area contributed by atoms with E-state index >= 15 is 0 Å². The molecule has 27 heavy (non-hydrogen) atoms. The van der Waals surface area contributed by atoms with Gasteiger partial charge in [-0.3, -0.25) is 4.90 Å². The zero-order chi connectivity index (χ0) is 19.5. The summed E-state index contributed by atoms with van der Waals surface area (Å²) in [6.07, 6.45) is 15.8. The normalized spacial score (nSPS) is 12.1. The van der Waals surface area contributed by atoms with Gasteiger partial charge in [0.1, 0.15) is 0 Å². The smallest absolute Gasteiger partial charge is 0.550 e. The van der Waals surface area contributed by atoms with Crippen molar-refractivity contribution >= 4 is 5.97 Å². The van der Waals surface area contributed by atoms with Crippen LogP contribution in [0.2, 0.25) is 0 Å². The van der Waals surface area contributed by atoms with Gasteiger partial charge in [-0.1, -0.05) is 84.0 Å². The number of carbonyl (C=O) groups excluding carboxylic acids is 1. The predicted molar refractivity (Wildman–Crippen MR) is 105 cm³/mol. The minimum Gasteiger partial charge on any atom is -0.550 e. The van der Waals surface area contributed by atoms with Gasteiger partial charge in [0, 0.05) is 25.6 Å². The summed E-state index contributed by atoms with van der Waals surface area (Å²) < 4.78 is 0. The molecule has 0 spiro atoms. The second-order valence-corrected chi connectivity index (χ2v) is 7.48. The van der Waals surface area contributed by atoms with E-state index in [2.05, 4.69) is 6.92 Å². The maximum atomic E-state index is 10.5. The Kier molecular flexibility index (Phi) is 24.8. The molecule has 0 aliphatic heterocycles. The van der Waals surface area contributed by atoms with Crippen LogP contribution in [-0.4, -0.2) is 53.4 Å². The Labute approximate surface area is 189 Å². The van der Waals surface area contributed by atoms with Crippen LogP contribution in [0.4, 0.5) is 0 Å². The van der Waals surface area contributed by atoms with Crippen molar-refractivity contribution < 1.29 is 49.7 Å². The molecular formula is C21H42NNaO4. The zero-order valence-corrected chi connectivity index (χ0v) is 20.0. The number of carboxylic acids is 1. The summed E-state index contributed by atoms with van der Waals surface area (Å²) in [5.41, 5.74) is 0. The molecule has 0 fully saturated rings. The molecule has 0 bridgehead atoms. The first-order valence-corrected chi connectivity index (χ1v) is 10.8. The van der Waals surface area contributed by atoms with Gasteiger partial charge < -0.3 is 20.1 Å². The van der Waals surface area contributed by atoms with Gasteiger partial charge in [0.2, 0.25) is 0 Å². The number of hydrogen-bond donors (Lipinski definition) is 2. The Morgan fingerprint density at radius 1 is 0.889 bits per heavy atom. The number of carboxylic acid groups (broad SMARTS) is 1. The molecule has 0 saturated carbocycles. The summed E-state index contributed by atoms with van der Waals surface area (Å²) in [4.78, 5) is 12.3. The molecule has 0 aromatic rings. The molecule has 0 heterocycles. The zero-order valence-electron chi connectivity index (χ0n) is 18.0. The van der Waals surface area contributed by atoms with Crippen molar-refractivity contribution in [1.29, 1.82) is 0 Å². The number of unbranched alkanes of at least 4 members (excludes halogenated alkanes) is 11. The van der Waals surface area contributed by atoms with Gasteiger partial charge in [-0.05, 0) is 12.8 Å². The molecule has 1 atom stereocenters. The SMILES string of the molecule is CCCCCCCCCCCCCCC(O)CN(CCO)CCC(=O)[O-].[Na+]. The summed E-state index contributed by atoms with van der Waals surface area (Å²) in [7, 11) is 0. The summed E-state index contributed by atoms with van der Waals surface area (Å²) in [6.45, 7) is 3.35. The summed E-state index contributed by atoms with van der Waals surface area (Å²) >= 11 is 0. The average Bonchev–Trinajstić information content (AvgIpc) is 2.60. The van der Waals surface area contributed by atoms with Gasteiger partial charge in [-0.2, -0.15) is 0 Å². The van der Waals surface area contributed by atoms with Crippen LogP contribution in [0.25, 0.3) is 0 Å². The predicted octanol–water partition coefficient (Wildman–Crippen LogP) is -0.123. The maximum Gasteiger partial charge on any atom is 1.00 e. The Balaban J connectivity index is 0. The first-order valence-electron chi connectivity index (χ1n) is 10.8. The minimum atomic E-state index is -1.09.